The maximum absolute atomic E-state index is 13.4. The van der Waals surface area contributed by atoms with E-state index in [1.165, 1.54) is 12.1 Å². The van der Waals surface area contributed by atoms with Gasteiger partial charge in [-0.2, -0.15) is 0 Å². The Kier molecular flexibility index (Phi) is 4.17. The third kappa shape index (κ3) is 2.92. The first-order valence-electron chi connectivity index (χ1n) is 6.59. The number of halogens is 2. The predicted molar refractivity (Wildman–Crippen MR) is 84.1 cm³/mol. The van der Waals surface area contributed by atoms with E-state index in [1.807, 2.05) is 6.07 Å². The number of carbonyl (C=O) groups excluding carboxylic acids is 1. The largest absolute Gasteiger partial charge is 0.322 e. The van der Waals surface area contributed by atoms with Gasteiger partial charge < -0.3 is 4.90 Å². The molecule has 2 aromatic rings. The van der Waals surface area contributed by atoms with E-state index in [0.29, 0.717) is 17.1 Å². The van der Waals surface area contributed by atoms with E-state index in [2.05, 4.69) is 0 Å². The fourth-order valence-electron chi connectivity index (χ4n) is 2.40. The van der Waals surface area contributed by atoms with E-state index < -0.39 is 0 Å². The maximum Gasteiger partial charge on any atom is 0.256 e. The smallest absolute Gasteiger partial charge is 0.256 e. The zero-order chi connectivity index (χ0) is 14.8. The van der Waals surface area contributed by atoms with Gasteiger partial charge in [0.05, 0.1) is 10.6 Å². The molecule has 1 saturated heterocycles. The summed E-state index contributed by atoms with van der Waals surface area (Å²) in [6, 6.07) is 13.4. The summed E-state index contributed by atoms with van der Waals surface area (Å²) in [7, 11) is 0. The lowest BCUT2D eigenvalue weighted by Crippen LogP contribution is -2.30. The fourth-order valence-corrected chi connectivity index (χ4v) is 3.87. The molecule has 1 atom stereocenters. The van der Waals surface area contributed by atoms with Crippen molar-refractivity contribution in [2.24, 2.45) is 0 Å². The molecule has 108 valence electrons. The van der Waals surface area contributed by atoms with Gasteiger partial charge in [-0.05, 0) is 29.8 Å². The second kappa shape index (κ2) is 6.08. The Morgan fingerprint density at radius 3 is 2.81 bits per heavy atom. The minimum absolute atomic E-state index is 0.111. The quantitative estimate of drug-likeness (QED) is 0.818. The molecule has 1 fully saturated rings. The van der Waals surface area contributed by atoms with Crippen LogP contribution in [-0.4, -0.2) is 23.1 Å². The number of nitrogens with zero attached hydrogens (tertiary/aromatic N) is 1. The zero-order valence-electron chi connectivity index (χ0n) is 11.1. The molecule has 3 rings (SSSR count). The van der Waals surface area contributed by atoms with Crippen molar-refractivity contribution in [3.63, 3.8) is 0 Å². The van der Waals surface area contributed by atoms with Gasteiger partial charge in [0.2, 0.25) is 0 Å². The van der Waals surface area contributed by atoms with Gasteiger partial charge >= 0.3 is 0 Å². The first-order valence-corrected chi connectivity index (χ1v) is 8.02. The molecular weight excluding hydrogens is 309 g/mol. The molecule has 0 radical (unpaired) electrons. The SMILES string of the molecule is O=C(c1ccccc1Cl)N1CCS[C@H]1c1cccc(F)c1. The van der Waals surface area contributed by atoms with E-state index in [4.69, 9.17) is 11.6 Å². The average molecular weight is 322 g/mol. The molecule has 2 nitrogen and oxygen atoms in total. The maximum atomic E-state index is 13.4. The van der Waals surface area contributed by atoms with Crippen LogP contribution in [0.15, 0.2) is 48.5 Å². The molecule has 0 unspecified atom stereocenters. The normalized spacial score (nSPS) is 18.0. The molecule has 0 aliphatic carbocycles. The highest BCUT2D eigenvalue weighted by atomic mass is 35.5. The van der Waals surface area contributed by atoms with E-state index in [-0.39, 0.29) is 17.1 Å². The van der Waals surface area contributed by atoms with Crippen LogP contribution >= 0.6 is 23.4 Å². The molecule has 1 aliphatic rings. The number of rotatable bonds is 2. The van der Waals surface area contributed by atoms with Gasteiger partial charge in [0.25, 0.3) is 5.91 Å². The minimum Gasteiger partial charge on any atom is -0.322 e. The highest BCUT2D eigenvalue weighted by Crippen LogP contribution is 2.39. The van der Waals surface area contributed by atoms with Gasteiger partial charge in [0, 0.05) is 12.3 Å². The lowest BCUT2D eigenvalue weighted by Gasteiger charge is -2.24. The van der Waals surface area contributed by atoms with Gasteiger partial charge in [0.15, 0.2) is 0 Å². The molecule has 2 aromatic carbocycles. The Morgan fingerprint density at radius 1 is 1.24 bits per heavy atom. The average Bonchev–Trinajstić information content (AvgIpc) is 2.96. The minimum atomic E-state index is -0.287. The molecular formula is C16H13ClFNOS. The van der Waals surface area contributed by atoms with Crippen LogP contribution in [0.5, 0.6) is 0 Å². The van der Waals surface area contributed by atoms with Crippen LogP contribution in [0.1, 0.15) is 21.3 Å². The van der Waals surface area contributed by atoms with Crippen LogP contribution in [0.2, 0.25) is 5.02 Å². The molecule has 1 aliphatic heterocycles. The van der Waals surface area contributed by atoms with Gasteiger partial charge in [-0.1, -0.05) is 35.9 Å². The number of carbonyl (C=O) groups is 1. The standard InChI is InChI=1S/C16H13ClFNOS/c17-14-7-2-1-6-13(14)15(20)19-8-9-21-16(19)11-4-3-5-12(18)10-11/h1-7,10,16H,8-9H2/t16-/m0/s1. The summed E-state index contributed by atoms with van der Waals surface area (Å²) in [5.74, 6) is 0.433. The third-order valence-electron chi connectivity index (χ3n) is 3.39. The van der Waals surface area contributed by atoms with Crippen LogP contribution in [-0.2, 0) is 0 Å². The summed E-state index contributed by atoms with van der Waals surface area (Å²) in [5.41, 5.74) is 1.29. The second-order valence-corrected chi connectivity index (χ2v) is 6.35. The van der Waals surface area contributed by atoms with Crippen molar-refractivity contribution in [1.29, 1.82) is 0 Å². The molecule has 0 aromatic heterocycles. The molecule has 5 heteroatoms. The zero-order valence-corrected chi connectivity index (χ0v) is 12.7. The molecule has 0 bridgehead atoms. The molecule has 0 N–H and O–H groups in total. The topological polar surface area (TPSA) is 20.3 Å². The van der Waals surface area contributed by atoms with Gasteiger partial charge in [-0.3, -0.25) is 4.79 Å². The van der Waals surface area contributed by atoms with Crippen molar-refractivity contribution in [3.8, 4) is 0 Å². The van der Waals surface area contributed by atoms with E-state index in [1.54, 1.807) is 47.0 Å². The van der Waals surface area contributed by atoms with Crippen molar-refractivity contribution in [2.45, 2.75) is 5.37 Å². The summed E-state index contributed by atoms with van der Waals surface area (Å²) >= 11 is 7.74. The van der Waals surface area contributed by atoms with Crippen LogP contribution in [0, 0.1) is 5.82 Å². The van der Waals surface area contributed by atoms with E-state index >= 15 is 0 Å². The van der Waals surface area contributed by atoms with Gasteiger partial charge in [0.1, 0.15) is 11.2 Å². The predicted octanol–water partition coefficient (Wildman–Crippen LogP) is 4.37. The van der Waals surface area contributed by atoms with Crippen LogP contribution in [0.25, 0.3) is 0 Å². The Bertz CT molecular complexity index is 679. The Morgan fingerprint density at radius 2 is 2.05 bits per heavy atom. The van der Waals surface area contributed by atoms with Crippen molar-refractivity contribution in [2.75, 3.05) is 12.3 Å². The number of benzene rings is 2. The summed E-state index contributed by atoms with van der Waals surface area (Å²) in [4.78, 5) is 14.4. The summed E-state index contributed by atoms with van der Waals surface area (Å²) < 4.78 is 13.4. The number of thioether (sulfide) groups is 1. The molecule has 1 heterocycles. The lowest BCUT2D eigenvalue weighted by atomic mass is 10.1. The monoisotopic (exact) mass is 321 g/mol. The summed E-state index contributed by atoms with van der Waals surface area (Å²) in [6.45, 7) is 0.635. The first-order chi connectivity index (χ1) is 10.2. The summed E-state index contributed by atoms with van der Waals surface area (Å²) in [5, 5.41) is 0.280. The fraction of sp³-hybridized carbons (Fsp3) is 0.188. The number of hydrogen-bond donors (Lipinski definition) is 0. The molecule has 0 spiro atoms. The van der Waals surface area contributed by atoms with Crippen molar-refractivity contribution >= 4 is 29.3 Å². The van der Waals surface area contributed by atoms with Crippen molar-refractivity contribution in [1.82, 2.24) is 4.90 Å². The first kappa shape index (κ1) is 14.4. The Hall–Kier alpha value is -1.52. The third-order valence-corrected chi connectivity index (χ3v) is 4.98. The number of hydrogen-bond acceptors (Lipinski definition) is 2. The Balaban J connectivity index is 1.91. The Labute approximate surface area is 131 Å². The van der Waals surface area contributed by atoms with Crippen molar-refractivity contribution in [3.05, 3.63) is 70.5 Å². The molecule has 1 amide bonds. The van der Waals surface area contributed by atoms with Crippen LogP contribution < -0.4 is 0 Å². The van der Waals surface area contributed by atoms with Crippen LogP contribution in [0.4, 0.5) is 4.39 Å². The van der Waals surface area contributed by atoms with E-state index in [0.717, 1.165) is 11.3 Å². The van der Waals surface area contributed by atoms with Crippen molar-refractivity contribution < 1.29 is 9.18 Å². The van der Waals surface area contributed by atoms with Gasteiger partial charge in [-0.25, -0.2) is 4.39 Å². The highest BCUT2D eigenvalue weighted by molar-refractivity contribution is 7.99. The summed E-state index contributed by atoms with van der Waals surface area (Å²) in [6.07, 6.45) is 0. The van der Waals surface area contributed by atoms with Gasteiger partial charge in [-0.15, -0.1) is 11.8 Å². The molecule has 0 saturated carbocycles. The second-order valence-electron chi connectivity index (χ2n) is 4.76. The van der Waals surface area contributed by atoms with Crippen LogP contribution in [0.3, 0.4) is 0 Å². The molecule has 21 heavy (non-hydrogen) atoms. The lowest BCUT2D eigenvalue weighted by molar-refractivity contribution is 0.0760. The van der Waals surface area contributed by atoms with E-state index in [9.17, 15) is 9.18 Å². The number of amides is 1. The highest BCUT2D eigenvalue weighted by Gasteiger charge is 2.32.